The molecule has 0 bridgehead atoms. The van der Waals surface area contributed by atoms with Crippen LogP contribution in [0.2, 0.25) is 0 Å². The molecule has 0 aliphatic heterocycles. The fraction of sp³-hybridized carbons (Fsp3) is 0.500. The van der Waals surface area contributed by atoms with Crippen molar-refractivity contribution < 1.29 is 9.47 Å². The standard InChI is InChI=1S/C8H12O2/c1-9-7-5-3-4-6-8-10-2/h3,5H,7-8H2,1-2H3/b5-3+. The molecule has 0 rings (SSSR count). The lowest BCUT2D eigenvalue weighted by molar-refractivity contribution is 0.234. The molecule has 0 aliphatic carbocycles. The monoisotopic (exact) mass is 140 g/mol. The average molecular weight is 140 g/mol. The molecule has 0 saturated carbocycles. The molecular formula is C8H12O2. The van der Waals surface area contributed by atoms with E-state index in [2.05, 4.69) is 11.8 Å². The van der Waals surface area contributed by atoms with Gasteiger partial charge in [0.1, 0.15) is 6.61 Å². The highest BCUT2D eigenvalue weighted by Crippen LogP contribution is 1.71. The molecule has 0 saturated heterocycles. The minimum Gasteiger partial charge on any atom is -0.381 e. The van der Waals surface area contributed by atoms with E-state index < -0.39 is 0 Å². The highest BCUT2D eigenvalue weighted by Gasteiger charge is 1.67. The van der Waals surface area contributed by atoms with E-state index in [-0.39, 0.29) is 0 Å². The van der Waals surface area contributed by atoms with E-state index in [0.29, 0.717) is 13.2 Å². The van der Waals surface area contributed by atoms with Gasteiger partial charge in [0.2, 0.25) is 0 Å². The molecule has 0 fully saturated rings. The summed E-state index contributed by atoms with van der Waals surface area (Å²) in [6.07, 6.45) is 3.60. The van der Waals surface area contributed by atoms with Crippen molar-refractivity contribution in [1.29, 1.82) is 0 Å². The van der Waals surface area contributed by atoms with Crippen LogP contribution in [0.5, 0.6) is 0 Å². The Labute approximate surface area is 61.8 Å². The van der Waals surface area contributed by atoms with Gasteiger partial charge in [0.05, 0.1) is 6.61 Å². The first-order valence-corrected chi connectivity index (χ1v) is 3.03. The predicted molar refractivity (Wildman–Crippen MR) is 40.7 cm³/mol. The van der Waals surface area contributed by atoms with E-state index in [1.807, 2.05) is 6.08 Å². The molecule has 0 aliphatic rings. The molecule has 0 heterocycles. The van der Waals surface area contributed by atoms with Crippen LogP contribution < -0.4 is 0 Å². The average Bonchev–Trinajstić information content (AvgIpc) is 1.97. The van der Waals surface area contributed by atoms with Crippen molar-refractivity contribution in [2.24, 2.45) is 0 Å². The van der Waals surface area contributed by atoms with Crippen molar-refractivity contribution in [3.63, 3.8) is 0 Å². The topological polar surface area (TPSA) is 18.5 Å². The van der Waals surface area contributed by atoms with E-state index in [9.17, 15) is 0 Å². The van der Waals surface area contributed by atoms with Gasteiger partial charge in [-0.05, 0) is 6.08 Å². The van der Waals surface area contributed by atoms with E-state index in [4.69, 9.17) is 9.47 Å². The normalized spacial score (nSPS) is 9.40. The van der Waals surface area contributed by atoms with Crippen molar-refractivity contribution in [3.05, 3.63) is 12.2 Å². The Morgan fingerprint density at radius 3 is 2.70 bits per heavy atom. The molecular weight excluding hydrogens is 128 g/mol. The number of allylic oxidation sites excluding steroid dienone is 1. The van der Waals surface area contributed by atoms with Gasteiger partial charge in [0, 0.05) is 14.2 Å². The van der Waals surface area contributed by atoms with Gasteiger partial charge in [0.25, 0.3) is 0 Å². The maximum Gasteiger partial charge on any atom is 0.107 e. The molecule has 0 amide bonds. The summed E-state index contributed by atoms with van der Waals surface area (Å²) < 4.78 is 9.47. The Morgan fingerprint density at radius 2 is 2.10 bits per heavy atom. The summed E-state index contributed by atoms with van der Waals surface area (Å²) in [7, 11) is 3.26. The zero-order valence-corrected chi connectivity index (χ0v) is 6.39. The summed E-state index contributed by atoms with van der Waals surface area (Å²) in [6.45, 7) is 1.10. The van der Waals surface area contributed by atoms with Crippen LogP contribution >= 0.6 is 0 Å². The molecule has 2 nitrogen and oxygen atoms in total. The fourth-order valence-electron chi connectivity index (χ4n) is 0.376. The van der Waals surface area contributed by atoms with Gasteiger partial charge in [-0.1, -0.05) is 17.9 Å². The minimum atomic E-state index is 0.483. The second-order valence-corrected chi connectivity index (χ2v) is 1.61. The molecule has 2 heteroatoms. The van der Waals surface area contributed by atoms with E-state index >= 15 is 0 Å². The molecule has 56 valence electrons. The van der Waals surface area contributed by atoms with Gasteiger partial charge in [-0.3, -0.25) is 0 Å². The lowest BCUT2D eigenvalue weighted by Gasteiger charge is -1.83. The molecule has 0 unspecified atom stereocenters. The lowest BCUT2D eigenvalue weighted by Crippen LogP contribution is -1.81. The van der Waals surface area contributed by atoms with Crippen LogP contribution in [0, 0.1) is 11.8 Å². The van der Waals surface area contributed by atoms with Gasteiger partial charge in [-0.25, -0.2) is 0 Å². The Balaban J connectivity index is 3.25. The number of hydrogen-bond acceptors (Lipinski definition) is 2. The first-order valence-electron chi connectivity index (χ1n) is 3.03. The molecule has 0 aromatic rings. The first kappa shape index (κ1) is 9.22. The summed E-state index contributed by atoms with van der Waals surface area (Å²) in [5.41, 5.74) is 0. The van der Waals surface area contributed by atoms with Crippen LogP contribution in [-0.2, 0) is 9.47 Å². The van der Waals surface area contributed by atoms with Crippen molar-refractivity contribution in [3.8, 4) is 11.8 Å². The molecule has 0 aromatic carbocycles. The lowest BCUT2D eigenvalue weighted by atomic mass is 10.5. The third-order valence-corrected chi connectivity index (χ3v) is 0.783. The highest BCUT2D eigenvalue weighted by atomic mass is 16.5. The second kappa shape index (κ2) is 8.22. The summed E-state index contributed by atoms with van der Waals surface area (Å²) in [4.78, 5) is 0. The van der Waals surface area contributed by atoms with Gasteiger partial charge < -0.3 is 9.47 Å². The van der Waals surface area contributed by atoms with Crippen LogP contribution in [0.4, 0.5) is 0 Å². The quantitative estimate of drug-likeness (QED) is 0.541. The van der Waals surface area contributed by atoms with Gasteiger partial charge in [-0.2, -0.15) is 0 Å². The van der Waals surface area contributed by atoms with E-state index in [0.717, 1.165) is 0 Å². The molecule has 0 spiro atoms. The summed E-state index contributed by atoms with van der Waals surface area (Å²) >= 11 is 0. The maximum atomic E-state index is 4.76. The SMILES string of the molecule is COCC#C/C=C/COC. The second-order valence-electron chi connectivity index (χ2n) is 1.61. The molecule has 10 heavy (non-hydrogen) atoms. The van der Waals surface area contributed by atoms with Crippen molar-refractivity contribution in [2.75, 3.05) is 27.4 Å². The van der Waals surface area contributed by atoms with Crippen LogP contribution in [0.3, 0.4) is 0 Å². The van der Waals surface area contributed by atoms with Crippen molar-refractivity contribution in [2.45, 2.75) is 0 Å². The summed E-state index contributed by atoms with van der Waals surface area (Å²) in [5, 5.41) is 0. The summed E-state index contributed by atoms with van der Waals surface area (Å²) in [5.74, 6) is 5.56. The molecule has 0 aromatic heterocycles. The smallest absolute Gasteiger partial charge is 0.107 e. The Bertz CT molecular complexity index is 139. The van der Waals surface area contributed by atoms with Gasteiger partial charge in [-0.15, -0.1) is 0 Å². The third kappa shape index (κ3) is 7.22. The predicted octanol–water partition coefficient (Wildman–Crippen LogP) is 0.839. The van der Waals surface area contributed by atoms with Crippen LogP contribution in [0.25, 0.3) is 0 Å². The fourth-order valence-corrected chi connectivity index (χ4v) is 0.376. The largest absolute Gasteiger partial charge is 0.381 e. The third-order valence-electron chi connectivity index (χ3n) is 0.783. The van der Waals surface area contributed by atoms with Crippen LogP contribution in [0.1, 0.15) is 0 Å². The van der Waals surface area contributed by atoms with Gasteiger partial charge >= 0.3 is 0 Å². The summed E-state index contributed by atoms with van der Waals surface area (Å²) in [6, 6.07) is 0. The Morgan fingerprint density at radius 1 is 1.30 bits per heavy atom. The van der Waals surface area contributed by atoms with E-state index in [1.54, 1.807) is 20.3 Å². The van der Waals surface area contributed by atoms with E-state index in [1.165, 1.54) is 0 Å². The Hall–Kier alpha value is -0.780. The maximum absolute atomic E-state index is 4.76. The molecule has 0 radical (unpaired) electrons. The van der Waals surface area contributed by atoms with Gasteiger partial charge in [0.15, 0.2) is 0 Å². The first-order chi connectivity index (χ1) is 4.91. The number of hydrogen-bond donors (Lipinski definition) is 0. The highest BCUT2D eigenvalue weighted by molar-refractivity contribution is 5.15. The number of rotatable bonds is 3. The van der Waals surface area contributed by atoms with Crippen LogP contribution in [0.15, 0.2) is 12.2 Å². The number of methoxy groups -OCH3 is 2. The zero-order chi connectivity index (χ0) is 7.66. The zero-order valence-electron chi connectivity index (χ0n) is 6.39. The molecule has 0 atom stereocenters. The van der Waals surface area contributed by atoms with Crippen molar-refractivity contribution in [1.82, 2.24) is 0 Å². The molecule has 0 N–H and O–H groups in total. The minimum absolute atomic E-state index is 0.483. The Kier molecular flexibility index (Phi) is 7.58. The van der Waals surface area contributed by atoms with Crippen molar-refractivity contribution >= 4 is 0 Å². The van der Waals surface area contributed by atoms with Crippen LogP contribution in [-0.4, -0.2) is 27.4 Å². The number of ether oxygens (including phenoxy) is 2.